The van der Waals surface area contributed by atoms with Gasteiger partial charge in [0, 0.05) is 19.1 Å². The first-order chi connectivity index (χ1) is 13.0. The number of benzene rings is 1. The van der Waals surface area contributed by atoms with E-state index in [1.54, 1.807) is 4.90 Å². The number of nitrogens with zero attached hydrogens (tertiary/aromatic N) is 2. The largest absolute Gasteiger partial charge is 0.489 e. The Bertz CT molecular complexity index is 627. The molecule has 1 saturated heterocycles. The molecular weight excluding hydrogens is 344 g/mol. The van der Waals surface area contributed by atoms with E-state index in [0.29, 0.717) is 32.2 Å². The van der Waals surface area contributed by atoms with E-state index in [2.05, 4.69) is 17.2 Å². The van der Waals surface area contributed by atoms with Crippen molar-refractivity contribution in [2.75, 3.05) is 26.2 Å². The third kappa shape index (κ3) is 7.00. The number of hydrogen-bond acceptors (Lipinski definition) is 4. The molecule has 1 aromatic carbocycles. The summed E-state index contributed by atoms with van der Waals surface area (Å²) in [4.78, 5) is 17.9. The van der Waals surface area contributed by atoms with Crippen LogP contribution in [0, 0.1) is 6.92 Å². The quantitative estimate of drug-likeness (QED) is 0.564. The Labute approximate surface area is 161 Å². The first-order valence-corrected chi connectivity index (χ1v) is 9.73. The van der Waals surface area contributed by atoms with Crippen LogP contribution in [0.25, 0.3) is 0 Å². The maximum absolute atomic E-state index is 11.7. The third-order valence-corrected chi connectivity index (χ3v) is 4.59. The van der Waals surface area contributed by atoms with Crippen LogP contribution in [0.2, 0.25) is 0 Å². The van der Waals surface area contributed by atoms with Gasteiger partial charge >= 0.3 is 6.09 Å². The summed E-state index contributed by atoms with van der Waals surface area (Å²) < 4.78 is 11.0. The normalized spacial score (nSPS) is 16.7. The van der Waals surface area contributed by atoms with Crippen molar-refractivity contribution in [3.05, 3.63) is 29.8 Å². The predicted molar refractivity (Wildman–Crippen MR) is 107 cm³/mol. The van der Waals surface area contributed by atoms with Gasteiger partial charge in [0.05, 0.1) is 13.2 Å². The number of amides is 1. The van der Waals surface area contributed by atoms with Gasteiger partial charge in [-0.3, -0.25) is 0 Å². The molecule has 150 valence electrons. The van der Waals surface area contributed by atoms with E-state index < -0.39 is 0 Å². The molecule has 3 N–H and O–H groups in total. The van der Waals surface area contributed by atoms with Gasteiger partial charge in [0.2, 0.25) is 0 Å². The number of rotatable bonds is 7. The highest BCUT2D eigenvalue weighted by molar-refractivity contribution is 5.78. The van der Waals surface area contributed by atoms with Crippen LogP contribution < -0.4 is 15.8 Å². The number of aryl methyl sites for hydroxylation is 1. The Morgan fingerprint density at radius 1 is 1.37 bits per heavy atom. The van der Waals surface area contributed by atoms with E-state index in [9.17, 15) is 4.79 Å². The van der Waals surface area contributed by atoms with Crippen LogP contribution in [0.5, 0.6) is 5.75 Å². The van der Waals surface area contributed by atoms with E-state index >= 15 is 0 Å². The van der Waals surface area contributed by atoms with Crippen LogP contribution >= 0.6 is 0 Å². The minimum absolute atomic E-state index is 0.0159. The van der Waals surface area contributed by atoms with Crippen molar-refractivity contribution in [1.82, 2.24) is 10.2 Å². The van der Waals surface area contributed by atoms with Crippen molar-refractivity contribution in [1.29, 1.82) is 0 Å². The summed E-state index contributed by atoms with van der Waals surface area (Å²) in [5.41, 5.74) is 7.21. The lowest BCUT2D eigenvalue weighted by molar-refractivity contribution is 0.0963. The molecule has 7 nitrogen and oxygen atoms in total. The van der Waals surface area contributed by atoms with Crippen molar-refractivity contribution in [3.8, 4) is 5.75 Å². The molecule has 2 rings (SSSR count). The zero-order valence-electron chi connectivity index (χ0n) is 16.6. The van der Waals surface area contributed by atoms with Crippen molar-refractivity contribution in [3.63, 3.8) is 0 Å². The second kappa shape index (κ2) is 10.6. The number of guanidine groups is 1. The number of nitrogens with one attached hydrogen (secondary N) is 1. The second-order valence-electron chi connectivity index (χ2n) is 6.80. The fraction of sp³-hybridized carbons (Fsp3) is 0.600. The van der Waals surface area contributed by atoms with Crippen molar-refractivity contribution >= 4 is 12.1 Å². The minimum Gasteiger partial charge on any atom is -0.489 e. The summed E-state index contributed by atoms with van der Waals surface area (Å²) in [6.45, 7) is 8.17. The maximum Gasteiger partial charge on any atom is 0.409 e. The van der Waals surface area contributed by atoms with Crippen LogP contribution in [0.3, 0.4) is 0 Å². The van der Waals surface area contributed by atoms with Crippen molar-refractivity contribution in [2.24, 2.45) is 10.7 Å². The van der Waals surface area contributed by atoms with Gasteiger partial charge in [0.25, 0.3) is 0 Å². The van der Waals surface area contributed by atoms with E-state index in [4.69, 9.17) is 15.2 Å². The van der Waals surface area contributed by atoms with Crippen molar-refractivity contribution < 1.29 is 14.3 Å². The minimum atomic E-state index is -0.239. The molecule has 7 heteroatoms. The van der Waals surface area contributed by atoms with Gasteiger partial charge in [-0.2, -0.15) is 0 Å². The Morgan fingerprint density at radius 3 is 2.74 bits per heavy atom. The predicted octanol–water partition coefficient (Wildman–Crippen LogP) is 2.68. The number of nitrogens with two attached hydrogens (primary N) is 1. The first-order valence-electron chi connectivity index (χ1n) is 9.73. The molecule has 1 heterocycles. The summed E-state index contributed by atoms with van der Waals surface area (Å²) in [7, 11) is 0. The molecule has 0 spiro atoms. The summed E-state index contributed by atoms with van der Waals surface area (Å²) in [5, 5.41) is 3.26. The molecule has 0 aromatic heterocycles. The van der Waals surface area contributed by atoms with Gasteiger partial charge in [0.1, 0.15) is 11.9 Å². The first kappa shape index (κ1) is 20.9. The third-order valence-electron chi connectivity index (χ3n) is 4.59. The summed E-state index contributed by atoms with van der Waals surface area (Å²) in [5.74, 6) is 1.28. The molecule has 0 aliphatic carbocycles. The van der Waals surface area contributed by atoms with Crippen LogP contribution in [-0.4, -0.2) is 55.3 Å². The van der Waals surface area contributed by atoms with Gasteiger partial charge in [0.15, 0.2) is 5.96 Å². The zero-order valence-corrected chi connectivity index (χ0v) is 16.6. The molecule has 1 atom stereocenters. The fourth-order valence-corrected chi connectivity index (χ4v) is 3.01. The Hall–Kier alpha value is -2.44. The average Bonchev–Trinajstić information content (AvgIpc) is 2.66. The molecule has 1 fully saturated rings. The number of piperidine rings is 1. The lowest BCUT2D eigenvalue weighted by Crippen LogP contribution is -2.48. The highest BCUT2D eigenvalue weighted by Crippen LogP contribution is 2.15. The van der Waals surface area contributed by atoms with Crippen LogP contribution in [0.1, 0.15) is 38.7 Å². The number of likely N-dealkylation sites (tertiary alicyclic amines) is 1. The van der Waals surface area contributed by atoms with E-state index in [1.807, 2.05) is 38.1 Å². The summed E-state index contributed by atoms with van der Waals surface area (Å²) >= 11 is 0. The molecule has 1 unspecified atom stereocenters. The molecule has 0 bridgehead atoms. The SMILES string of the molecule is CCOC(=O)N1CCC(NC(N)=NCC(CC)Oc2cccc(C)c2)CC1. The van der Waals surface area contributed by atoms with Crippen LogP contribution in [-0.2, 0) is 4.74 Å². The topological polar surface area (TPSA) is 89.2 Å². The maximum atomic E-state index is 11.7. The number of carbonyl (C=O) groups excluding carboxylic acids is 1. The van der Waals surface area contributed by atoms with Gasteiger partial charge in [-0.25, -0.2) is 9.79 Å². The fourth-order valence-electron chi connectivity index (χ4n) is 3.01. The Morgan fingerprint density at radius 2 is 2.11 bits per heavy atom. The molecule has 1 aliphatic rings. The van der Waals surface area contributed by atoms with Crippen LogP contribution in [0.4, 0.5) is 4.79 Å². The van der Waals surface area contributed by atoms with E-state index in [1.165, 1.54) is 5.56 Å². The van der Waals surface area contributed by atoms with Gasteiger partial charge in [-0.1, -0.05) is 19.1 Å². The number of hydrogen-bond donors (Lipinski definition) is 2. The number of ether oxygens (including phenoxy) is 2. The smallest absolute Gasteiger partial charge is 0.409 e. The summed E-state index contributed by atoms with van der Waals surface area (Å²) in [6.07, 6.45) is 2.25. The molecule has 0 radical (unpaired) electrons. The van der Waals surface area contributed by atoms with E-state index in [0.717, 1.165) is 25.0 Å². The Balaban J connectivity index is 1.77. The highest BCUT2D eigenvalue weighted by atomic mass is 16.6. The zero-order chi connectivity index (χ0) is 19.6. The molecule has 27 heavy (non-hydrogen) atoms. The Kier molecular flexibility index (Phi) is 8.23. The molecule has 0 saturated carbocycles. The number of carbonyl (C=O) groups is 1. The molecular formula is C20H32N4O3. The lowest BCUT2D eigenvalue weighted by Gasteiger charge is -2.31. The summed E-state index contributed by atoms with van der Waals surface area (Å²) in [6, 6.07) is 8.22. The van der Waals surface area contributed by atoms with Gasteiger partial charge < -0.3 is 25.4 Å². The molecule has 1 aromatic rings. The van der Waals surface area contributed by atoms with E-state index in [-0.39, 0.29) is 18.2 Å². The van der Waals surface area contributed by atoms with Gasteiger partial charge in [-0.15, -0.1) is 0 Å². The lowest BCUT2D eigenvalue weighted by atomic mass is 10.1. The molecule has 1 amide bonds. The monoisotopic (exact) mass is 376 g/mol. The number of aliphatic imine (C=N–C) groups is 1. The van der Waals surface area contributed by atoms with Crippen LogP contribution in [0.15, 0.2) is 29.3 Å². The van der Waals surface area contributed by atoms with Gasteiger partial charge in [-0.05, 0) is 50.8 Å². The second-order valence-corrected chi connectivity index (χ2v) is 6.80. The standard InChI is InChI=1S/C20H32N4O3/c1-4-17(27-18-8-6-7-15(3)13-18)14-22-19(21)23-16-9-11-24(12-10-16)20(25)26-5-2/h6-8,13,16-17H,4-5,9-12,14H2,1-3H3,(H3,21,22,23). The average molecular weight is 377 g/mol. The highest BCUT2D eigenvalue weighted by Gasteiger charge is 2.23. The van der Waals surface area contributed by atoms with Crippen molar-refractivity contribution in [2.45, 2.75) is 52.2 Å². The molecule has 1 aliphatic heterocycles.